The molecule has 0 fully saturated rings. The minimum Gasteiger partial charge on any atom is -0.250 e. The van der Waals surface area contributed by atoms with Crippen LogP contribution in [-0.4, -0.2) is 4.21 Å². The van der Waals surface area contributed by atoms with E-state index in [0.717, 1.165) is 16.9 Å². The lowest BCUT2D eigenvalue weighted by molar-refractivity contribution is 0.691. The van der Waals surface area contributed by atoms with Crippen molar-refractivity contribution in [3.8, 4) is 0 Å². The molecule has 0 aromatic carbocycles. The Labute approximate surface area is 75.6 Å². The lowest BCUT2D eigenvalue weighted by atomic mass is 10.1. The van der Waals surface area contributed by atoms with Crippen LogP contribution in [0.25, 0.3) is 0 Å². The molecule has 64 valence electrons. The van der Waals surface area contributed by atoms with Crippen molar-refractivity contribution >= 4 is 10.8 Å². The number of allylic oxidation sites excluding steroid dienone is 5. The van der Waals surface area contributed by atoms with Gasteiger partial charge in [-0.3, -0.25) is 0 Å². The highest BCUT2D eigenvalue weighted by Crippen LogP contribution is 2.21. The monoisotopic (exact) mass is 180 g/mol. The van der Waals surface area contributed by atoms with Crippen molar-refractivity contribution in [2.24, 2.45) is 0 Å². The summed E-state index contributed by atoms with van der Waals surface area (Å²) in [4.78, 5) is 0.884. The van der Waals surface area contributed by atoms with E-state index in [1.54, 1.807) is 11.5 Å². The van der Waals surface area contributed by atoms with Gasteiger partial charge in [0, 0.05) is 10.3 Å². The molecule has 0 saturated heterocycles. The zero-order valence-electron chi connectivity index (χ0n) is 7.12. The maximum Gasteiger partial charge on any atom is 0.0775 e. The van der Waals surface area contributed by atoms with Crippen LogP contribution in [0, 0.1) is 0 Å². The van der Waals surface area contributed by atoms with Crippen LogP contribution in [0.2, 0.25) is 0 Å². The number of rotatable bonds is 2. The smallest absolute Gasteiger partial charge is 0.0775 e. The van der Waals surface area contributed by atoms with Crippen molar-refractivity contribution in [2.45, 2.75) is 13.3 Å². The minimum atomic E-state index is -0.967. The number of hydrogen-bond donors (Lipinski definition) is 0. The third kappa shape index (κ3) is 1.83. The van der Waals surface area contributed by atoms with Gasteiger partial charge in [0.2, 0.25) is 0 Å². The predicted octanol–water partition coefficient (Wildman–Crippen LogP) is 2.67. The SMILES string of the molecule is C=CC1=C(/C=C\C)S(=O)C=CC1. The molecule has 1 unspecified atom stereocenters. The summed E-state index contributed by atoms with van der Waals surface area (Å²) in [6, 6.07) is 0. The summed E-state index contributed by atoms with van der Waals surface area (Å²) in [7, 11) is -0.967. The molecule has 0 aromatic heterocycles. The highest BCUT2D eigenvalue weighted by Gasteiger charge is 2.09. The van der Waals surface area contributed by atoms with Gasteiger partial charge in [-0.1, -0.05) is 24.8 Å². The Balaban J connectivity index is 3.06. The molecule has 1 nitrogen and oxygen atoms in total. The van der Waals surface area contributed by atoms with E-state index in [4.69, 9.17) is 0 Å². The Morgan fingerprint density at radius 2 is 2.42 bits per heavy atom. The summed E-state index contributed by atoms with van der Waals surface area (Å²) in [6.07, 6.45) is 8.32. The molecule has 0 spiro atoms. The Hall–Kier alpha value is -0.890. The van der Waals surface area contributed by atoms with E-state index in [1.807, 2.05) is 25.2 Å². The Morgan fingerprint density at radius 1 is 1.67 bits per heavy atom. The van der Waals surface area contributed by atoms with Gasteiger partial charge in [0.05, 0.1) is 10.8 Å². The molecular formula is C10H12OS. The summed E-state index contributed by atoms with van der Waals surface area (Å²) in [5, 5.41) is 1.72. The molecule has 1 aliphatic rings. The van der Waals surface area contributed by atoms with Gasteiger partial charge in [-0.25, -0.2) is 4.21 Å². The quantitative estimate of drug-likeness (QED) is 0.638. The van der Waals surface area contributed by atoms with E-state index >= 15 is 0 Å². The Morgan fingerprint density at radius 3 is 3.00 bits per heavy atom. The first-order valence-corrected chi connectivity index (χ1v) is 5.06. The third-order valence-electron chi connectivity index (χ3n) is 1.66. The second-order valence-corrected chi connectivity index (χ2v) is 3.77. The second kappa shape index (κ2) is 4.21. The van der Waals surface area contributed by atoms with Crippen molar-refractivity contribution < 1.29 is 4.21 Å². The summed E-state index contributed by atoms with van der Waals surface area (Å²) < 4.78 is 11.4. The van der Waals surface area contributed by atoms with Gasteiger partial charge in [-0.15, -0.1) is 0 Å². The maximum atomic E-state index is 11.4. The maximum absolute atomic E-state index is 11.4. The molecule has 0 bridgehead atoms. The Kier molecular flexibility index (Phi) is 3.23. The molecule has 1 rings (SSSR count). The van der Waals surface area contributed by atoms with Gasteiger partial charge in [0.25, 0.3) is 0 Å². The molecule has 1 heterocycles. The van der Waals surface area contributed by atoms with Gasteiger partial charge in [0.15, 0.2) is 0 Å². The fourth-order valence-electron chi connectivity index (χ4n) is 1.07. The summed E-state index contributed by atoms with van der Waals surface area (Å²) >= 11 is 0. The summed E-state index contributed by atoms with van der Waals surface area (Å²) in [5.74, 6) is 0. The van der Waals surface area contributed by atoms with Crippen LogP contribution in [0.15, 0.2) is 46.8 Å². The zero-order chi connectivity index (χ0) is 8.97. The molecule has 0 radical (unpaired) electrons. The van der Waals surface area contributed by atoms with Crippen LogP contribution >= 0.6 is 0 Å². The Bertz CT molecular complexity index is 295. The van der Waals surface area contributed by atoms with Crippen LogP contribution in [-0.2, 0) is 10.8 Å². The van der Waals surface area contributed by atoms with Crippen LogP contribution in [0.3, 0.4) is 0 Å². The largest absolute Gasteiger partial charge is 0.250 e. The van der Waals surface area contributed by atoms with E-state index in [1.165, 1.54) is 0 Å². The highest BCUT2D eigenvalue weighted by atomic mass is 32.2. The normalized spacial score (nSPS) is 23.6. The minimum absolute atomic E-state index is 0.842. The van der Waals surface area contributed by atoms with Crippen LogP contribution < -0.4 is 0 Å². The molecule has 0 amide bonds. The molecule has 0 saturated carbocycles. The fourth-order valence-corrected chi connectivity index (χ4v) is 2.19. The van der Waals surface area contributed by atoms with Crippen molar-refractivity contribution in [2.75, 3.05) is 0 Å². The highest BCUT2D eigenvalue weighted by molar-refractivity contribution is 7.92. The van der Waals surface area contributed by atoms with Crippen molar-refractivity contribution in [3.05, 3.63) is 46.8 Å². The first-order valence-electron chi connectivity index (χ1n) is 3.85. The predicted molar refractivity (Wildman–Crippen MR) is 53.9 cm³/mol. The van der Waals surface area contributed by atoms with Gasteiger partial charge in [0.1, 0.15) is 0 Å². The molecule has 1 atom stereocenters. The standard InChI is InChI=1S/C10H12OS/c1-3-6-10-9(4-2)7-5-8-12(10)11/h3-6,8H,2,7H2,1H3/b6-3-. The van der Waals surface area contributed by atoms with Gasteiger partial charge in [-0.05, 0) is 25.0 Å². The molecular weight excluding hydrogens is 168 g/mol. The molecule has 0 N–H and O–H groups in total. The average Bonchev–Trinajstić information content (AvgIpc) is 2.09. The van der Waals surface area contributed by atoms with Gasteiger partial charge in [-0.2, -0.15) is 0 Å². The molecule has 12 heavy (non-hydrogen) atoms. The molecule has 0 aliphatic carbocycles. The molecule has 2 heteroatoms. The van der Waals surface area contributed by atoms with Crippen molar-refractivity contribution in [1.82, 2.24) is 0 Å². The third-order valence-corrected chi connectivity index (χ3v) is 2.93. The fraction of sp³-hybridized carbons (Fsp3) is 0.200. The second-order valence-electron chi connectivity index (χ2n) is 2.47. The van der Waals surface area contributed by atoms with Crippen LogP contribution in [0.4, 0.5) is 0 Å². The van der Waals surface area contributed by atoms with E-state index in [2.05, 4.69) is 6.58 Å². The van der Waals surface area contributed by atoms with E-state index in [9.17, 15) is 4.21 Å². The van der Waals surface area contributed by atoms with Crippen molar-refractivity contribution in [1.29, 1.82) is 0 Å². The summed E-state index contributed by atoms with van der Waals surface area (Å²) in [5.41, 5.74) is 1.06. The average molecular weight is 180 g/mol. The van der Waals surface area contributed by atoms with Crippen LogP contribution in [0.5, 0.6) is 0 Å². The van der Waals surface area contributed by atoms with E-state index in [-0.39, 0.29) is 0 Å². The van der Waals surface area contributed by atoms with Gasteiger partial charge >= 0.3 is 0 Å². The zero-order valence-corrected chi connectivity index (χ0v) is 7.93. The van der Waals surface area contributed by atoms with E-state index in [0.29, 0.717) is 0 Å². The van der Waals surface area contributed by atoms with Crippen LogP contribution in [0.1, 0.15) is 13.3 Å². The summed E-state index contributed by atoms with van der Waals surface area (Å²) in [6.45, 7) is 5.61. The lowest BCUT2D eigenvalue weighted by Crippen LogP contribution is -1.97. The number of hydrogen-bond acceptors (Lipinski definition) is 1. The first-order chi connectivity index (χ1) is 5.79. The van der Waals surface area contributed by atoms with E-state index < -0.39 is 10.8 Å². The molecule has 0 aromatic rings. The first kappa shape index (κ1) is 9.20. The van der Waals surface area contributed by atoms with Crippen molar-refractivity contribution in [3.63, 3.8) is 0 Å². The molecule has 1 aliphatic heterocycles. The van der Waals surface area contributed by atoms with Gasteiger partial charge < -0.3 is 0 Å². The topological polar surface area (TPSA) is 17.1 Å². The lowest BCUT2D eigenvalue weighted by Gasteiger charge is -2.08.